The van der Waals surface area contributed by atoms with Crippen molar-refractivity contribution in [1.29, 1.82) is 5.26 Å². The second-order valence-electron chi connectivity index (χ2n) is 8.71. The smallest absolute Gasteiger partial charge is 0.166 e. The third-order valence-corrected chi connectivity index (χ3v) is 6.92. The Morgan fingerprint density at radius 1 is 1.12 bits per heavy atom. The number of rotatable bonds is 10. The molecule has 0 N–H and O–H groups in total. The van der Waals surface area contributed by atoms with Crippen LogP contribution in [0.15, 0.2) is 42.5 Å². The van der Waals surface area contributed by atoms with Gasteiger partial charge in [0.2, 0.25) is 0 Å². The van der Waals surface area contributed by atoms with Crippen molar-refractivity contribution in [3.63, 3.8) is 0 Å². The zero-order chi connectivity index (χ0) is 23.8. The van der Waals surface area contributed by atoms with Gasteiger partial charge in [0.15, 0.2) is 17.3 Å². The van der Waals surface area contributed by atoms with Gasteiger partial charge in [0.1, 0.15) is 5.82 Å². The van der Waals surface area contributed by atoms with Crippen molar-refractivity contribution in [3.8, 4) is 17.6 Å². The van der Waals surface area contributed by atoms with E-state index in [0.29, 0.717) is 23.5 Å². The Morgan fingerprint density at radius 2 is 1.79 bits per heavy atom. The molecular formula is C27H33FN2O3. The van der Waals surface area contributed by atoms with Crippen LogP contribution in [0.4, 0.5) is 4.39 Å². The van der Waals surface area contributed by atoms with Crippen LogP contribution in [0.3, 0.4) is 0 Å². The molecule has 6 heteroatoms. The molecule has 5 nitrogen and oxygen atoms in total. The number of carbonyl (C=O) groups is 1. The predicted octanol–water partition coefficient (Wildman–Crippen LogP) is 5.39. The maximum Gasteiger partial charge on any atom is 0.166 e. The molecule has 2 aromatic rings. The molecule has 2 aromatic carbocycles. The van der Waals surface area contributed by atoms with Crippen molar-refractivity contribution < 1.29 is 18.7 Å². The van der Waals surface area contributed by atoms with Crippen molar-refractivity contribution in [1.82, 2.24) is 4.90 Å². The van der Waals surface area contributed by atoms with Crippen LogP contribution in [0.5, 0.6) is 11.5 Å². The summed E-state index contributed by atoms with van der Waals surface area (Å²) in [6.07, 6.45) is 3.98. The molecule has 0 spiro atoms. The first-order chi connectivity index (χ1) is 16.0. The summed E-state index contributed by atoms with van der Waals surface area (Å²) in [5, 5.41) is 10.1. The van der Waals surface area contributed by atoms with E-state index >= 15 is 0 Å². The van der Waals surface area contributed by atoms with Gasteiger partial charge in [-0.15, -0.1) is 0 Å². The largest absolute Gasteiger partial charge is 0.493 e. The standard InChI is InChI=1S/C27H33FN2O3/c1-4-27(19-29,22-8-11-24(32-2)25(18-22)33-3)14-5-15-30-16-12-21(13-17-30)26(31)20-6-9-23(28)10-7-20/h6-11,18,21H,4-5,12-17H2,1-3H3. The number of nitrogens with zero attached hydrogens (tertiary/aromatic N) is 2. The summed E-state index contributed by atoms with van der Waals surface area (Å²) in [5.41, 5.74) is 0.969. The van der Waals surface area contributed by atoms with E-state index in [0.717, 1.165) is 50.9 Å². The highest BCUT2D eigenvalue weighted by Crippen LogP contribution is 2.38. The highest BCUT2D eigenvalue weighted by atomic mass is 19.1. The molecule has 1 unspecified atom stereocenters. The Balaban J connectivity index is 1.55. The van der Waals surface area contributed by atoms with Gasteiger partial charge < -0.3 is 14.4 Å². The van der Waals surface area contributed by atoms with E-state index in [9.17, 15) is 14.4 Å². The van der Waals surface area contributed by atoms with Gasteiger partial charge >= 0.3 is 0 Å². The average Bonchev–Trinajstić information content (AvgIpc) is 2.87. The van der Waals surface area contributed by atoms with Crippen LogP contribution in [-0.4, -0.2) is 44.5 Å². The summed E-state index contributed by atoms with van der Waals surface area (Å²) in [5.74, 6) is 1.07. The van der Waals surface area contributed by atoms with Gasteiger partial charge in [0, 0.05) is 11.5 Å². The molecule has 0 saturated carbocycles. The number of ketones is 1. The summed E-state index contributed by atoms with van der Waals surface area (Å²) >= 11 is 0. The molecule has 0 aromatic heterocycles. The average molecular weight is 453 g/mol. The molecule has 0 aliphatic carbocycles. The molecule has 1 aliphatic heterocycles. The quantitative estimate of drug-likeness (QED) is 0.452. The van der Waals surface area contributed by atoms with E-state index in [1.165, 1.54) is 12.1 Å². The molecule has 1 heterocycles. The Bertz CT molecular complexity index is 978. The van der Waals surface area contributed by atoms with Gasteiger partial charge in [0.25, 0.3) is 0 Å². The van der Waals surface area contributed by atoms with Crippen molar-refractivity contribution in [2.24, 2.45) is 5.92 Å². The SMILES string of the molecule is CCC(C#N)(CCCN1CCC(C(=O)c2ccc(F)cc2)CC1)c1ccc(OC)c(OC)c1. The van der Waals surface area contributed by atoms with Gasteiger partial charge in [-0.05, 0) is 93.7 Å². The minimum absolute atomic E-state index is 0.00711. The van der Waals surface area contributed by atoms with E-state index in [4.69, 9.17) is 9.47 Å². The monoisotopic (exact) mass is 452 g/mol. The van der Waals surface area contributed by atoms with Gasteiger partial charge in [-0.3, -0.25) is 4.79 Å². The maximum absolute atomic E-state index is 13.1. The summed E-state index contributed by atoms with van der Waals surface area (Å²) in [4.78, 5) is 15.1. The fourth-order valence-corrected chi connectivity index (χ4v) is 4.73. The molecule has 1 fully saturated rings. The first-order valence-corrected chi connectivity index (χ1v) is 11.6. The van der Waals surface area contributed by atoms with Crippen LogP contribution < -0.4 is 9.47 Å². The number of nitriles is 1. The topological polar surface area (TPSA) is 62.6 Å². The molecule has 1 aliphatic rings. The number of Topliss-reactive ketones (excluding diaryl/α,β-unsaturated/α-hetero) is 1. The normalized spacial score (nSPS) is 16.6. The van der Waals surface area contributed by atoms with E-state index in [2.05, 4.69) is 11.0 Å². The van der Waals surface area contributed by atoms with Gasteiger partial charge in [-0.25, -0.2) is 4.39 Å². The van der Waals surface area contributed by atoms with Crippen molar-refractivity contribution in [3.05, 3.63) is 59.4 Å². The molecule has 1 atom stereocenters. The van der Waals surface area contributed by atoms with Crippen molar-refractivity contribution >= 4 is 5.78 Å². The van der Waals surface area contributed by atoms with Gasteiger partial charge in [0.05, 0.1) is 25.7 Å². The molecule has 0 amide bonds. The van der Waals surface area contributed by atoms with E-state index in [1.807, 2.05) is 25.1 Å². The Hall–Kier alpha value is -2.91. The fourth-order valence-electron chi connectivity index (χ4n) is 4.73. The lowest BCUT2D eigenvalue weighted by molar-refractivity contribution is 0.0838. The summed E-state index contributed by atoms with van der Waals surface area (Å²) < 4.78 is 23.9. The van der Waals surface area contributed by atoms with Crippen LogP contribution in [0.25, 0.3) is 0 Å². The lowest BCUT2D eigenvalue weighted by Crippen LogP contribution is -2.37. The lowest BCUT2D eigenvalue weighted by Gasteiger charge is -2.32. The lowest BCUT2D eigenvalue weighted by atomic mass is 9.75. The molecular weight excluding hydrogens is 419 g/mol. The molecule has 176 valence electrons. The fraction of sp³-hybridized carbons (Fsp3) is 0.481. The van der Waals surface area contributed by atoms with Crippen LogP contribution in [0.2, 0.25) is 0 Å². The number of benzene rings is 2. The third-order valence-electron chi connectivity index (χ3n) is 6.92. The second kappa shape index (κ2) is 11.3. The number of halogens is 1. The van der Waals surface area contributed by atoms with E-state index in [-0.39, 0.29) is 17.5 Å². The zero-order valence-electron chi connectivity index (χ0n) is 19.8. The number of likely N-dealkylation sites (tertiary alicyclic amines) is 1. The summed E-state index contributed by atoms with van der Waals surface area (Å²) in [6.45, 7) is 4.67. The van der Waals surface area contributed by atoms with Crippen LogP contribution >= 0.6 is 0 Å². The van der Waals surface area contributed by atoms with E-state index < -0.39 is 5.41 Å². The third kappa shape index (κ3) is 5.72. The molecule has 0 bridgehead atoms. The van der Waals surface area contributed by atoms with Crippen LogP contribution in [-0.2, 0) is 5.41 Å². The zero-order valence-corrected chi connectivity index (χ0v) is 19.8. The highest BCUT2D eigenvalue weighted by Gasteiger charge is 2.32. The summed E-state index contributed by atoms with van der Waals surface area (Å²) in [6, 6.07) is 14.1. The minimum Gasteiger partial charge on any atom is -0.493 e. The number of carbonyl (C=O) groups excluding carboxylic acids is 1. The van der Waals surface area contributed by atoms with Crippen molar-refractivity contribution in [2.75, 3.05) is 33.9 Å². The molecule has 0 radical (unpaired) electrons. The Labute approximate surface area is 196 Å². The first-order valence-electron chi connectivity index (χ1n) is 11.6. The van der Waals surface area contributed by atoms with Crippen molar-refractivity contribution in [2.45, 2.75) is 44.4 Å². The number of hydrogen-bond acceptors (Lipinski definition) is 5. The van der Waals surface area contributed by atoms with Crippen LogP contribution in [0.1, 0.15) is 54.9 Å². The highest BCUT2D eigenvalue weighted by molar-refractivity contribution is 5.97. The first kappa shape index (κ1) is 24.7. The predicted molar refractivity (Wildman–Crippen MR) is 126 cm³/mol. The number of ether oxygens (including phenoxy) is 2. The maximum atomic E-state index is 13.1. The molecule has 33 heavy (non-hydrogen) atoms. The Kier molecular flexibility index (Phi) is 8.46. The number of methoxy groups -OCH3 is 2. The molecule has 3 rings (SSSR count). The second-order valence-corrected chi connectivity index (χ2v) is 8.71. The number of piperidine rings is 1. The molecule has 1 saturated heterocycles. The van der Waals surface area contributed by atoms with Crippen LogP contribution in [0, 0.1) is 23.1 Å². The Morgan fingerprint density at radius 3 is 2.36 bits per heavy atom. The summed E-state index contributed by atoms with van der Waals surface area (Å²) in [7, 11) is 3.21. The minimum atomic E-state index is -0.573. The van der Waals surface area contributed by atoms with E-state index in [1.54, 1.807) is 26.4 Å². The van der Waals surface area contributed by atoms with Gasteiger partial charge in [-0.1, -0.05) is 13.0 Å². The van der Waals surface area contributed by atoms with Gasteiger partial charge in [-0.2, -0.15) is 5.26 Å². The number of hydrogen-bond donors (Lipinski definition) is 0.